The van der Waals surface area contributed by atoms with Gasteiger partial charge in [0, 0.05) is 10.6 Å². The van der Waals surface area contributed by atoms with Gasteiger partial charge in [-0.3, -0.25) is 0 Å². The highest BCUT2D eigenvalue weighted by Gasteiger charge is 2.40. The first-order valence-electron chi connectivity index (χ1n) is 4.82. The zero-order valence-corrected chi connectivity index (χ0v) is 8.81. The molecule has 76 valence electrons. The fraction of sp³-hybridized carbons (Fsp3) is 0.455. The van der Waals surface area contributed by atoms with E-state index in [-0.39, 0.29) is 5.82 Å². The van der Waals surface area contributed by atoms with Crippen LogP contribution in [-0.4, -0.2) is 13.6 Å². The van der Waals surface area contributed by atoms with Gasteiger partial charge in [-0.25, -0.2) is 4.39 Å². The van der Waals surface area contributed by atoms with Crippen molar-refractivity contribution >= 4 is 11.6 Å². The molecule has 1 aromatic carbocycles. The molecule has 1 aliphatic carbocycles. The predicted molar refractivity (Wildman–Crippen MR) is 56.2 cm³/mol. The smallest absolute Gasteiger partial charge is 0.128 e. The van der Waals surface area contributed by atoms with Gasteiger partial charge in [-0.2, -0.15) is 0 Å². The lowest BCUT2D eigenvalue weighted by Crippen LogP contribution is -2.10. The summed E-state index contributed by atoms with van der Waals surface area (Å²) in [6, 6.07) is 4.89. The summed E-state index contributed by atoms with van der Waals surface area (Å²) in [5.41, 5.74) is 0.703. The number of rotatable bonds is 3. The van der Waals surface area contributed by atoms with Crippen molar-refractivity contribution in [2.45, 2.75) is 12.3 Å². The van der Waals surface area contributed by atoms with Crippen LogP contribution in [0.2, 0.25) is 5.02 Å². The van der Waals surface area contributed by atoms with Gasteiger partial charge in [0.15, 0.2) is 0 Å². The third-order valence-electron chi connectivity index (χ3n) is 2.76. The van der Waals surface area contributed by atoms with E-state index in [9.17, 15) is 4.39 Å². The summed E-state index contributed by atoms with van der Waals surface area (Å²) >= 11 is 5.97. The highest BCUT2D eigenvalue weighted by Crippen LogP contribution is 2.49. The third-order valence-corrected chi connectivity index (χ3v) is 3.09. The molecule has 14 heavy (non-hydrogen) atoms. The van der Waals surface area contributed by atoms with E-state index in [1.807, 2.05) is 7.05 Å². The van der Waals surface area contributed by atoms with Gasteiger partial charge in [0.25, 0.3) is 0 Å². The van der Waals surface area contributed by atoms with Crippen LogP contribution in [0.5, 0.6) is 0 Å². The molecule has 0 radical (unpaired) electrons. The van der Waals surface area contributed by atoms with Gasteiger partial charge in [0.05, 0.1) is 0 Å². The lowest BCUT2D eigenvalue weighted by Gasteiger charge is -2.04. The molecule has 1 aliphatic rings. The van der Waals surface area contributed by atoms with Crippen molar-refractivity contribution in [3.05, 3.63) is 34.6 Å². The number of halogens is 2. The SMILES string of the molecule is CNC[C@H]1C[C@H]1c1c(F)cccc1Cl. The van der Waals surface area contributed by atoms with Crippen LogP contribution in [0.1, 0.15) is 17.9 Å². The Morgan fingerprint density at radius 2 is 2.36 bits per heavy atom. The highest BCUT2D eigenvalue weighted by molar-refractivity contribution is 6.31. The summed E-state index contributed by atoms with van der Waals surface area (Å²) in [6.45, 7) is 0.940. The zero-order valence-electron chi connectivity index (χ0n) is 8.06. The summed E-state index contributed by atoms with van der Waals surface area (Å²) in [5, 5.41) is 3.67. The maximum Gasteiger partial charge on any atom is 0.128 e. The molecule has 1 nitrogen and oxygen atoms in total. The molecule has 0 saturated heterocycles. The van der Waals surface area contributed by atoms with Crippen molar-refractivity contribution in [2.75, 3.05) is 13.6 Å². The molecule has 0 amide bonds. The number of benzene rings is 1. The molecule has 1 saturated carbocycles. The summed E-state index contributed by atoms with van der Waals surface area (Å²) in [6.07, 6.45) is 1.04. The first-order valence-corrected chi connectivity index (χ1v) is 5.20. The Kier molecular flexibility index (Phi) is 2.75. The Hall–Kier alpha value is -0.600. The molecule has 1 fully saturated rings. The van der Waals surface area contributed by atoms with E-state index in [0.29, 0.717) is 22.4 Å². The van der Waals surface area contributed by atoms with Crippen molar-refractivity contribution in [3.8, 4) is 0 Å². The van der Waals surface area contributed by atoms with Gasteiger partial charge in [-0.15, -0.1) is 0 Å². The Bertz CT molecular complexity index is 320. The Morgan fingerprint density at radius 1 is 1.57 bits per heavy atom. The van der Waals surface area contributed by atoms with Crippen molar-refractivity contribution in [1.82, 2.24) is 5.32 Å². The minimum Gasteiger partial charge on any atom is -0.319 e. The van der Waals surface area contributed by atoms with Crippen LogP contribution in [0.25, 0.3) is 0 Å². The molecule has 3 heteroatoms. The van der Waals surface area contributed by atoms with Crippen molar-refractivity contribution in [2.24, 2.45) is 5.92 Å². The highest BCUT2D eigenvalue weighted by atomic mass is 35.5. The molecular weight excluding hydrogens is 201 g/mol. The molecule has 0 heterocycles. The topological polar surface area (TPSA) is 12.0 Å². The normalized spacial score (nSPS) is 25.1. The summed E-state index contributed by atoms with van der Waals surface area (Å²) in [4.78, 5) is 0. The van der Waals surface area contributed by atoms with Crippen LogP contribution in [-0.2, 0) is 0 Å². The van der Waals surface area contributed by atoms with Crippen LogP contribution in [0.4, 0.5) is 4.39 Å². The maximum atomic E-state index is 13.4. The van der Waals surface area contributed by atoms with Crippen LogP contribution < -0.4 is 5.32 Å². The molecule has 0 aliphatic heterocycles. The molecule has 2 rings (SSSR count). The second-order valence-corrected chi connectivity index (χ2v) is 4.20. The largest absolute Gasteiger partial charge is 0.319 e. The average Bonchev–Trinajstić information content (AvgIpc) is 2.85. The molecule has 0 aromatic heterocycles. The summed E-state index contributed by atoms with van der Waals surface area (Å²) in [7, 11) is 1.92. The minimum absolute atomic E-state index is 0.166. The summed E-state index contributed by atoms with van der Waals surface area (Å²) < 4.78 is 13.4. The van der Waals surface area contributed by atoms with Gasteiger partial charge < -0.3 is 5.32 Å². The molecule has 0 bridgehead atoms. The first kappa shape index (κ1) is 9.94. The molecule has 0 spiro atoms. The zero-order chi connectivity index (χ0) is 10.1. The Morgan fingerprint density at radius 3 is 3.00 bits per heavy atom. The third kappa shape index (κ3) is 1.77. The van der Waals surface area contributed by atoms with Gasteiger partial charge in [0.1, 0.15) is 5.82 Å². The standard InChI is InChI=1S/C11H13ClFN/c1-14-6-7-5-8(7)11-9(12)3-2-4-10(11)13/h2-4,7-8,14H,5-6H2,1H3/t7-,8-/m1/s1. The fourth-order valence-electron chi connectivity index (χ4n) is 1.95. The van der Waals surface area contributed by atoms with E-state index >= 15 is 0 Å². The van der Waals surface area contributed by atoms with E-state index in [0.717, 1.165) is 13.0 Å². The van der Waals surface area contributed by atoms with E-state index in [1.54, 1.807) is 12.1 Å². The van der Waals surface area contributed by atoms with Gasteiger partial charge >= 0.3 is 0 Å². The van der Waals surface area contributed by atoms with Crippen LogP contribution in [0, 0.1) is 11.7 Å². The van der Waals surface area contributed by atoms with Crippen molar-refractivity contribution in [1.29, 1.82) is 0 Å². The lowest BCUT2D eigenvalue weighted by atomic mass is 10.1. The monoisotopic (exact) mass is 213 g/mol. The lowest BCUT2D eigenvalue weighted by molar-refractivity contribution is 0.602. The molecule has 1 N–H and O–H groups in total. The summed E-state index contributed by atoms with van der Waals surface area (Å²) in [5.74, 6) is 0.701. The number of hydrogen-bond donors (Lipinski definition) is 1. The Balaban J connectivity index is 2.18. The molecule has 0 unspecified atom stereocenters. The van der Waals surface area contributed by atoms with E-state index in [2.05, 4.69) is 5.32 Å². The first-order chi connectivity index (χ1) is 6.74. The van der Waals surface area contributed by atoms with Crippen LogP contribution >= 0.6 is 11.6 Å². The van der Waals surface area contributed by atoms with Gasteiger partial charge in [0.2, 0.25) is 0 Å². The van der Waals surface area contributed by atoms with E-state index < -0.39 is 0 Å². The maximum absolute atomic E-state index is 13.4. The van der Waals surface area contributed by atoms with Crippen LogP contribution in [0.3, 0.4) is 0 Å². The number of nitrogens with one attached hydrogen (secondary N) is 1. The van der Waals surface area contributed by atoms with Crippen molar-refractivity contribution in [3.63, 3.8) is 0 Å². The quantitative estimate of drug-likeness (QED) is 0.814. The molecular formula is C11H13ClFN. The van der Waals surface area contributed by atoms with E-state index in [4.69, 9.17) is 11.6 Å². The average molecular weight is 214 g/mol. The van der Waals surface area contributed by atoms with Crippen molar-refractivity contribution < 1.29 is 4.39 Å². The van der Waals surface area contributed by atoms with Gasteiger partial charge in [-0.1, -0.05) is 17.7 Å². The van der Waals surface area contributed by atoms with Gasteiger partial charge in [-0.05, 0) is 44.0 Å². The second-order valence-electron chi connectivity index (χ2n) is 3.80. The molecule has 1 aromatic rings. The minimum atomic E-state index is -0.166. The second kappa shape index (κ2) is 3.87. The molecule has 2 atom stereocenters. The predicted octanol–water partition coefficient (Wildman–Crippen LogP) is 2.80. The Labute approximate surface area is 88.3 Å². The fourth-order valence-corrected chi connectivity index (χ4v) is 2.26. The van der Waals surface area contributed by atoms with Crippen LogP contribution in [0.15, 0.2) is 18.2 Å². The number of hydrogen-bond acceptors (Lipinski definition) is 1. The van der Waals surface area contributed by atoms with E-state index in [1.165, 1.54) is 6.07 Å².